The van der Waals surface area contributed by atoms with Crippen LogP contribution < -0.4 is 4.90 Å². The first-order valence-electron chi connectivity index (χ1n) is 9.08. The van der Waals surface area contributed by atoms with Crippen molar-refractivity contribution in [2.75, 3.05) is 4.90 Å². The van der Waals surface area contributed by atoms with Crippen LogP contribution in [0.15, 0.2) is 24.3 Å². The second-order valence-electron chi connectivity index (χ2n) is 7.98. The molecule has 130 valence electrons. The van der Waals surface area contributed by atoms with Crippen molar-refractivity contribution in [1.82, 2.24) is 0 Å². The zero-order chi connectivity index (χ0) is 17.6. The van der Waals surface area contributed by atoms with Gasteiger partial charge in [0.25, 0.3) is 0 Å². The number of amides is 1. The summed E-state index contributed by atoms with van der Waals surface area (Å²) >= 11 is 0. The number of rotatable bonds is 7. The Morgan fingerprint density at radius 1 is 1.17 bits per heavy atom. The lowest BCUT2D eigenvalue weighted by atomic mass is 9.81. The van der Waals surface area contributed by atoms with E-state index in [9.17, 15) is 4.79 Å². The Balaban J connectivity index is 3.08. The fraction of sp³-hybridized carbons (Fsp3) is 0.667. The third-order valence-electron chi connectivity index (χ3n) is 4.85. The van der Waals surface area contributed by atoms with Gasteiger partial charge < -0.3 is 4.90 Å². The number of carbonyl (C=O) groups excluding carboxylic acids is 1. The second kappa shape index (κ2) is 8.52. The van der Waals surface area contributed by atoms with E-state index in [4.69, 9.17) is 0 Å². The molecule has 1 rings (SSSR count). The number of aryl methyl sites for hydroxylation is 1. The summed E-state index contributed by atoms with van der Waals surface area (Å²) in [7, 11) is 0. The Labute approximate surface area is 143 Å². The first-order valence-corrected chi connectivity index (χ1v) is 9.08. The highest BCUT2D eigenvalue weighted by Gasteiger charge is 2.33. The van der Waals surface area contributed by atoms with Crippen LogP contribution >= 0.6 is 0 Å². The molecule has 2 nitrogen and oxygen atoms in total. The summed E-state index contributed by atoms with van der Waals surface area (Å²) in [5, 5.41) is 0. The number of carbonyl (C=O) groups is 1. The molecule has 2 heteroatoms. The van der Waals surface area contributed by atoms with Crippen LogP contribution in [0, 0.1) is 18.3 Å². The first kappa shape index (κ1) is 19.7. The molecule has 23 heavy (non-hydrogen) atoms. The highest BCUT2D eigenvalue weighted by molar-refractivity contribution is 5.95. The summed E-state index contributed by atoms with van der Waals surface area (Å²) in [5.41, 5.74) is 2.21. The van der Waals surface area contributed by atoms with Crippen LogP contribution in [0.4, 0.5) is 5.69 Å². The van der Waals surface area contributed by atoms with E-state index in [1.54, 1.807) is 0 Å². The van der Waals surface area contributed by atoms with Crippen molar-refractivity contribution >= 4 is 11.6 Å². The SMILES string of the molecule is CCCCCC(C)N(C(=O)C(C)C(C)(C)C)c1cccc(C)c1. The Morgan fingerprint density at radius 3 is 2.35 bits per heavy atom. The molecule has 0 aliphatic rings. The summed E-state index contributed by atoms with van der Waals surface area (Å²) < 4.78 is 0. The zero-order valence-corrected chi connectivity index (χ0v) is 16.1. The predicted octanol–water partition coefficient (Wildman–Crippen LogP) is 5.98. The van der Waals surface area contributed by atoms with Crippen molar-refractivity contribution in [3.05, 3.63) is 29.8 Å². The molecule has 0 bridgehead atoms. The number of hydrogen-bond donors (Lipinski definition) is 0. The van der Waals surface area contributed by atoms with Gasteiger partial charge in [-0.05, 0) is 43.4 Å². The standard InChI is InChI=1S/C21H35NO/c1-8-9-10-13-17(3)22(19-14-11-12-16(2)15-19)20(23)18(4)21(5,6)7/h11-12,14-15,17-18H,8-10,13H2,1-7H3. The Bertz CT molecular complexity index is 501. The van der Waals surface area contributed by atoms with Gasteiger partial charge >= 0.3 is 0 Å². The number of unbranched alkanes of at least 4 members (excludes halogenated alkanes) is 2. The summed E-state index contributed by atoms with van der Waals surface area (Å²) in [5.74, 6) is 0.240. The van der Waals surface area contributed by atoms with E-state index in [-0.39, 0.29) is 23.3 Å². The lowest BCUT2D eigenvalue weighted by Crippen LogP contribution is -2.45. The van der Waals surface area contributed by atoms with Crippen LogP contribution in [0.2, 0.25) is 0 Å². The van der Waals surface area contributed by atoms with Gasteiger partial charge in [0.1, 0.15) is 0 Å². The fourth-order valence-corrected chi connectivity index (χ4v) is 2.77. The molecule has 2 unspecified atom stereocenters. The average Bonchev–Trinajstić information content (AvgIpc) is 2.46. The molecule has 0 aromatic heterocycles. The lowest BCUT2D eigenvalue weighted by Gasteiger charge is -2.36. The predicted molar refractivity (Wildman–Crippen MR) is 101 cm³/mol. The maximum atomic E-state index is 13.2. The normalized spacial score (nSPS) is 14.4. The van der Waals surface area contributed by atoms with Crippen LogP contribution in [0.1, 0.15) is 72.8 Å². The second-order valence-corrected chi connectivity index (χ2v) is 7.98. The maximum Gasteiger partial charge on any atom is 0.230 e. The van der Waals surface area contributed by atoms with Gasteiger partial charge in [0.2, 0.25) is 5.91 Å². The minimum Gasteiger partial charge on any atom is -0.309 e. The quantitative estimate of drug-likeness (QED) is 0.566. The highest BCUT2D eigenvalue weighted by atomic mass is 16.2. The first-order chi connectivity index (χ1) is 10.7. The summed E-state index contributed by atoms with van der Waals surface area (Å²) in [6.07, 6.45) is 4.68. The Kier molecular flexibility index (Phi) is 7.31. The number of benzene rings is 1. The van der Waals surface area contributed by atoms with Gasteiger partial charge in [0.05, 0.1) is 0 Å². The van der Waals surface area contributed by atoms with E-state index in [0.717, 1.165) is 12.1 Å². The smallest absolute Gasteiger partial charge is 0.230 e. The molecule has 0 heterocycles. The Morgan fingerprint density at radius 2 is 1.83 bits per heavy atom. The lowest BCUT2D eigenvalue weighted by molar-refractivity contribution is -0.125. The van der Waals surface area contributed by atoms with Gasteiger partial charge in [-0.3, -0.25) is 4.79 Å². The molecule has 1 aromatic rings. The maximum absolute atomic E-state index is 13.2. The molecule has 0 aliphatic heterocycles. The molecule has 0 aliphatic carbocycles. The summed E-state index contributed by atoms with van der Waals surface area (Å²) in [4.78, 5) is 15.2. The van der Waals surface area contributed by atoms with Crippen molar-refractivity contribution in [2.45, 2.75) is 80.2 Å². The molecule has 2 atom stereocenters. The van der Waals surface area contributed by atoms with E-state index in [2.05, 4.69) is 66.7 Å². The van der Waals surface area contributed by atoms with Gasteiger partial charge in [-0.25, -0.2) is 0 Å². The highest BCUT2D eigenvalue weighted by Crippen LogP contribution is 2.31. The molecular formula is C21H35NO. The van der Waals surface area contributed by atoms with Crippen LogP contribution in [-0.2, 0) is 4.79 Å². The molecule has 0 radical (unpaired) electrons. The van der Waals surface area contributed by atoms with Crippen molar-refractivity contribution in [1.29, 1.82) is 0 Å². The number of anilines is 1. The van der Waals surface area contributed by atoms with Crippen LogP contribution in [-0.4, -0.2) is 11.9 Å². The summed E-state index contributed by atoms with van der Waals surface area (Å²) in [6.45, 7) is 15.0. The van der Waals surface area contributed by atoms with E-state index < -0.39 is 0 Å². The topological polar surface area (TPSA) is 20.3 Å². The average molecular weight is 318 g/mol. The molecular weight excluding hydrogens is 282 g/mol. The van der Waals surface area contributed by atoms with Crippen LogP contribution in [0.5, 0.6) is 0 Å². The van der Waals surface area contributed by atoms with E-state index >= 15 is 0 Å². The fourth-order valence-electron chi connectivity index (χ4n) is 2.77. The number of hydrogen-bond acceptors (Lipinski definition) is 1. The van der Waals surface area contributed by atoms with Gasteiger partial charge in [-0.1, -0.05) is 66.0 Å². The van der Waals surface area contributed by atoms with Crippen molar-refractivity contribution in [3.63, 3.8) is 0 Å². The largest absolute Gasteiger partial charge is 0.309 e. The van der Waals surface area contributed by atoms with Crippen molar-refractivity contribution in [3.8, 4) is 0 Å². The van der Waals surface area contributed by atoms with E-state index in [1.165, 1.54) is 24.8 Å². The number of nitrogens with zero attached hydrogens (tertiary/aromatic N) is 1. The van der Waals surface area contributed by atoms with Gasteiger partial charge in [-0.15, -0.1) is 0 Å². The zero-order valence-electron chi connectivity index (χ0n) is 16.1. The molecule has 1 aromatic carbocycles. The van der Waals surface area contributed by atoms with Crippen LogP contribution in [0.25, 0.3) is 0 Å². The third kappa shape index (κ3) is 5.67. The third-order valence-corrected chi connectivity index (χ3v) is 4.85. The molecule has 0 N–H and O–H groups in total. The molecule has 1 amide bonds. The molecule has 0 saturated carbocycles. The van der Waals surface area contributed by atoms with Gasteiger partial charge in [-0.2, -0.15) is 0 Å². The van der Waals surface area contributed by atoms with E-state index in [0.29, 0.717) is 0 Å². The van der Waals surface area contributed by atoms with Crippen molar-refractivity contribution in [2.24, 2.45) is 11.3 Å². The molecule has 0 fully saturated rings. The molecule has 0 spiro atoms. The summed E-state index contributed by atoms with van der Waals surface area (Å²) in [6, 6.07) is 8.56. The monoisotopic (exact) mass is 317 g/mol. The van der Waals surface area contributed by atoms with Crippen molar-refractivity contribution < 1.29 is 4.79 Å². The van der Waals surface area contributed by atoms with Crippen LogP contribution in [0.3, 0.4) is 0 Å². The minimum atomic E-state index is -0.0255. The van der Waals surface area contributed by atoms with Gasteiger partial charge in [0, 0.05) is 17.6 Å². The molecule has 0 saturated heterocycles. The minimum absolute atomic E-state index is 0.00311. The van der Waals surface area contributed by atoms with E-state index in [1.807, 2.05) is 11.0 Å². The Hall–Kier alpha value is -1.31. The van der Waals surface area contributed by atoms with Gasteiger partial charge in [0.15, 0.2) is 0 Å².